The average molecular weight is 323 g/mol. The van der Waals surface area contributed by atoms with Gasteiger partial charge in [0.25, 0.3) is 0 Å². The molecule has 0 unspecified atom stereocenters. The van der Waals surface area contributed by atoms with Crippen LogP contribution in [0.5, 0.6) is 0 Å². The van der Waals surface area contributed by atoms with Gasteiger partial charge in [0.15, 0.2) is 0 Å². The van der Waals surface area contributed by atoms with Crippen LogP contribution in [-0.4, -0.2) is 12.6 Å². The molecule has 2 saturated carbocycles. The van der Waals surface area contributed by atoms with Gasteiger partial charge in [-0.2, -0.15) is 0 Å². The quantitative estimate of drug-likeness (QED) is 0.397. The molecule has 0 amide bonds. The normalized spacial score (nSPS) is 31.7. The third kappa shape index (κ3) is 6.12. The smallest absolute Gasteiger partial charge is 0.308 e. The molecule has 2 fully saturated rings. The molecule has 0 heterocycles. The van der Waals surface area contributed by atoms with E-state index in [4.69, 9.17) is 4.74 Å². The van der Waals surface area contributed by atoms with E-state index < -0.39 is 0 Å². The Kier molecular flexibility index (Phi) is 8.47. The second-order valence-corrected chi connectivity index (χ2v) is 8.06. The van der Waals surface area contributed by atoms with Crippen LogP contribution in [0.3, 0.4) is 0 Å². The van der Waals surface area contributed by atoms with Gasteiger partial charge >= 0.3 is 5.97 Å². The lowest BCUT2D eigenvalue weighted by Crippen LogP contribution is -2.29. The summed E-state index contributed by atoms with van der Waals surface area (Å²) in [5, 5.41) is 0. The first-order valence-electron chi connectivity index (χ1n) is 10.4. The van der Waals surface area contributed by atoms with Gasteiger partial charge in [-0.15, -0.1) is 0 Å². The fourth-order valence-electron chi connectivity index (χ4n) is 4.78. The molecule has 0 radical (unpaired) electrons. The number of hydrogen-bond donors (Lipinski definition) is 0. The molecule has 0 N–H and O–H groups in total. The third-order valence-corrected chi connectivity index (χ3v) is 6.33. The molecular weight excluding hydrogens is 284 g/mol. The van der Waals surface area contributed by atoms with Crippen molar-refractivity contribution < 1.29 is 9.53 Å². The van der Waals surface area contributed by atoms with E-state index in [-0.39, 0.29) is 11.9 Å². The minimum atomic E-state index is 0.0740. The van der Waals surface area contributed by atoms with E-state index >= 15 is 0 Å². The van der Waals surface area contributed by atoms with E-state index in [1.165, 1.54) is 64.2 Å². The molecule has 0 bridgehead atoms. The topological polar surface area (TPSA) is 26.3 Å². The zero-order chi connectivity index (χ0) is 16.5. The summed E-state index contributed by atoms with van der Waals surface area (Å²) in [6, 6.07) is 0. The van der Waals surface area contributed by atoms with Gasteiger partial charge < -0.3 is 4.74 Å². The molecule has 0 spiro atoms. The van der Waals surface area contributed by atoms with Gasteiger partial charge in [-0.3, -0.25) is 4.79 Å². The summed E-state index contributed by atoms with van der Waals surface area (Å²) in [5.74, 6) is 3.12. The van der Waals surface area contributed by atoms with Crippen LogP contribution in [-0.2, 0) is 9.53 Å². The van der Waals surface area contributed by atoms with E-state index in [9.17, 15) is 4.79 Å². The third-order valence-electron chi connectivity index (χ3n) is 6.33. The van der Waals surface area contributed by atoms with Crippen molar-refractivity contribution in [1.82, 2.24) is 0 Å². The molecule has 2 heteroatoms. The molecule has 0 aromatic heterocycles. The molecule has 0 aliphatic heterocycles. The molecule has 2 aliphatic carbocycles. The predicted octanol–water partition coefficient (Wildman–Crippen LogP) is 6.13. The van der Waals surface area contributed by atoms with Gasteiger partial charge in [-0.25, -0.2) is 0 Å². The minimum absolute atomic E-state index is 0.0740. The van der Waals surface area contributed by atoms with Gasteiger partial charge in [-0.1, -0.05) is 52.4 Å². The van der Waals surface area contributed by atoms with Crippen molar-refractivity contribution in [3.05, 3.63) is 0 Å². The highest BCUT2D eigenvalue weighted by atomic mass is 16.5. The lowest BCUT2D eigenvalue weighted by atomic mass is 9.68. The van der Waals surface area contributed by atoms with E-state index in [2.05, 4.69) is 13.8 Å². The number of esters is 1. The van der Waals surface area contributed by atoms with Crippen LogP contribution >= 0.6 is 0 Å². The van der Waals surface area contributed by atoms with Crippen LogP contribution in [0.1, 0.15) is 97.3 Å². The monoisotopic (exact) mass is 322 g/mol. The van der Waals surface area contributed by atoms with Gasteiger partial charge in [0.05, 0.1) is 12.5 Å². The van der Waals surface area contributed by atoms with Crippen molar-refractivity contribution in [3.8, 4) is 0 Å². The number of hydrogen-bond acceptors (Lipinski definition) is 2. The Bertz CT molecular complexity index is 323. The Morgan fingerprint density at radius 2 is 1.43 bits per heavy atom. The molecule has 134 valence electrons. The van der Waals surface area contributed by atoms with Crippen LogP contribution in [0.4, 0.5) is 0 Å². The minimum Gasteiger partial charge on any atom is -0.465 e. The largest absolute Gasteiger partial charge is 0.465 e. The number of rotatable bonds is 8. The second-order valence-electron chi connectivity index (χ2n) is 8.06. The van der Waals surface area contributed by atoms with Crippen LogP contribution in [0.15, 0.2) is 0 Å². The van der Waals surface area contributed by atoms with Gasteiger partial charge in [0, 0.05) is 0 Å². The number of ether oxygens (including phenoxy) is 1. The average Bonchev–Trinajstić information content (AvgIpc) is 2.61. The summed E-state index contributed by atoms with van der Waals surface area (Å²) in [6.07, 6.45) is 17.1. The van der Waals surface area contributed by atoms with Crippen molar-refractivity contribution in [2.45, 2.75) is 97.3 Å². The van der Waals surface area contributed by atoms with Crippen molar-refractivity contribution in [2.75, 3.05) is 6.61 Å². The summed E-state index contributed by atoms with van der Waals surface area (Å²) >= 11 is 0. The van der Waals surface area contributed by atoms with Gasteiger partial charge in [0.2, 0.25) is 0 Å². The zero-order valence-electron chi connectivity index (χ0n) is 15.5. The highest BCUT2D eigenvalue weighted by Crippen LogP contribution is 2.42. The Balaban J connectivity index is 1.63. The first-order valence-corrected chi connectivity index (χ1v) is 10.4. The highest BCUT2D eigenvalue weighted by Gasteiger charge is 2.33. The Labute approximate surface area is 143 Å². The molecule has 2 rings (SSSR count). The van der Waals surface area contributed by atoms with E-state index in [0.29, 0.717) is 6.61 Å². The molecular formula is C21H38O2. The first kappa shape index (κ1) is 18.8. The fourth-order valence-corrected chi connectivity index (χ4v) is 4.78. The molecule has 23 heavy (non-hydrogen) atoms. The summed E-state index contributed by atoms with van der Waals surface area (Å²) in [7, 11) is 0. The van der Waals surface area contributed by atoms with Crippen molar-refractivity contribution in [3.63, 3.8) is 0 Å². The summed E-state index contributed by atoms with van der Waals surface area (Å²) in [6.45, 7) is 4.95. The Morgan fingerprint density at radius 3 is 2.00 bits per heavy atom. The van der Waals surface area contributed by atoms with E-state index in [0.717, 1.165) is 37.0 Å². The first-order chi connectivity index (χ1) is 11.2. The lowest BCUT2D eigenvalue weighted by molar-refractivity contribution is -0.150. The van der Waals surface area contributed by atoms with Crippen LogP contribution in [0, 0.1) is 23.7 Å². The maximum Gasteiger partial charge on any atom is 0.308 e. The second kappa shape index (κ2) is 10.4. The molecule has 0 aromatic carbocycles. The van der Waals surface area contributed by atoms with E-state index in [1.54, 1.807) is 0 Å². The van der Waals surface area contributed by atoms with Crippen LogP contribution in [0.2, 0.25) is 0 Å². The maximum atomic E-state index is 12.0. The molecule has 2 nitrogen and oxygen atoms in total. The van der Waals surface area contributed by atoms with Crippen LogP contribution < -0.4 is 0 Å². The maximum absolute atomic E-state index is 12.0. The Morgan fingerprint density at radius 1 is 0.826 bits per heavy atom. The SMILES string of the molecule is CCCCCC1CCC(C2CCC(C(=O)OCCC)CC2)CC1. The standard InChI is InChI=1S/C21H38O2/c1-3-5-6-7-17-8-10-18(11-9-17)19-12-14-20(15-13-19)21(22)23-16-4-2/h17-20H,3-16H2,1-2H3. The lowest BCUT2D eigenvalue weighted by Gasteiger charge is -2.37. The summed E-state index contributed by atoms with van der Waals surface area (Å²) < 4.78 is 5.33. The predicted molar refractivity (Wildman–Crippen MR) is 96.3 cm³/mol. The number of carbonyl (C=O) groups is 1. The van der Waals surface area contributed by atoms with Crippen molar-refractivity contribution in [1.29, 1.82) is 0 Å². The summed E-state index contributed by atoms with van der Waals surface area (Å²) in [5.41, 5.74) is 0. The van der Waals surface area contributed by atoms with Gasteiger partial charge in [-0.05, 0) is 62.7 Å². The highest BCUT2D eigenvalue weighted by molar-refractivity contribution is 5.72. The van der Waals surface area contributed by atoms with Crippen LogP contribution in [0.25, 0.3) is 0 Å². The molecule has 0 saturated heterocycles. The van der Waals surface area contributed by atoms with Gasteiger partial charge in [0.1, 0.15) is 0 Å². The fraction of sp³-hybridized carbons (Fsp3) is 0.952. The molecule has 0 aromatic rings. The van der Waals surface area contributed by atoms with Crippen molar-refractivity contribution in [2.24, 2.45) is 23.7 Å². The summed E-state index contributed by atoms with van der Waals surface area (Å²) in [4.78, 5) is 12.0. The van der Waals surface area contributed by atoms with Crippen molar-refractivity contribution >= 4 is 5.97 Å². The molecule has 2 aliphatic rings. The number of carbonyl (C=O) groups excluding carboxylic acids is 1. The Hall–Kier alpha value is -0.530. The zero-order valence-corrected chi connectivity index (χ0v) is 15.5. The van der Waals surface area contributed by atoms with E-state index in [1.807, 2.05) is 0 Å². The number of unbranched alkanes of at least 4 members (excludes halogenated alkanes) is 2. The molecule has 0 atom stereocenters.